The van der Waals surface area contributed by atoms with Crippen LogP contribution in [0.3, 0.4) is 0 Å². The Balaban J connectivity index is 1.40. The van der Waals surface area contributed by atoms with Crippen LogP contribution in [0.4, 0.5) is 0 Å². The van der Waals surface area contributed by atoms with Gasteiger partial charge in [-0.2, -0.15) is 15.0 Å². The van der Waals surface area contributed by atoms with Crippen LogP contribution in [0.1, 0.15) is 10.5 Å². The molecule has 144 valence electrons. The first-order chi connectivity index (χ1) is 14.2. The molecule has 8 heteroatoms. The average Bonchev–Trinajstić information content (AvgIpc) is 3.27. The van der Waals surface area contributed by atoms with Gasteiger partial charge in [0, 0.05) is 18.2 Å². The van der Waals surface area contributed by atoms with Crippen LogP contribution < -0.4 is 10.9 Å². The van der Waals surface area contributed by atoms with Crippen LogP contribution in [0.15, 0.2) is 83.8 Å². The van der Waals surface area contributed by atoms with E-state index in [9.17, 15) is 9.59 Å². The highest BCUT2D eigenvalue weighted by molar-refractivity contribution is 5.91. The first-order valence-electron chi connectivity index (χ1n) is 9.10. The van der Waals surface area contributed by atoms with E-state index in [0.29, 0.717) is 5.69 Å². The van der Waals surface area contributed by atoms with Crippen molar-refractivity contribution in [2.45, 2.75) is 6.54 Å². The molecule has 1 N–H and O–H groups in total. The van der Waals surface area contributed by atoms with E-state index < -0.39 is 0 Å². The zero-order valence-corrected chi connectivity index (χ0v) is 15.5. The summed E-state index contributed by atoms with van der Waals surface area (Å²) in [6, 6.07) is 22.1. The van der Waals surface area contributed by atoms with Gasteiger partial charge in [0.2, 0.25) is 0 Å². The zero-order valence-electron chi connectivity index (χ0n) is 15.5. The van der Waals surface area contributed by atoms with Crippen LogP contribution in [0.2, 0.25) is 0 Å². The Morgan fingerprint density at radius 1 is 0.897 bits per heavy atom. The first-order valence-corrected chi connectivity index (χ1v) is 9.10. The average molecular weight is 386 g/mol. The lowest BCUT2D eigenvalue weighted by molar-refractivity contribution is 0.0946. The molecule has 0 aliphatic rings. The molecule has 4 rings (SSSR count). The maximum atomic E-state index is 12.3. The Morgan fingerprint density at radius 2 is 1.62 bits per heavy atom. The van der Waals surface area contributed by atoms with Crippen molar-refractivity contribution in [1.82, 2.24) is 30.1 Å². The molecule has 29 heavy (non-hydrogen) atoms. The second kappa shape index (κ2) is 8.30. The summed E-state index contributed by atoms with van der Waals surface area (Å²) < 4.78 is 1.34. The maximum absolute atomic E-state index is 12.3. The summed E-state index contributed by atoms with van der Waals surface area (Å²) in [6.07, 6.45) is 1.41. The minimum absolute atomic E-state index is 0.201. The van der Waals surface area contributed by atoms with E-state index in [1.165, 1.54) is 21.7 Å². The minimum Gasteiger partial charge on any atom is -0.349 e. The van der Waals surface area contributed by atoms with E-state index >= 15 is 0 Å². The SMILES string of the molecule is O=C(NCCn1nc(-c2ccccc2)ccc1=O)c1cnn(-c2ccccc2)n1. The Labute approximate surface area is 166 Å². The van der Waals surface area contributed by atoms with Crippen molar-refractivity contribution in [3.05, 3.63) is 95.0 Å². The molecule has 0 aliphatic carbocycles. The molecule has 0 aliphatic heterocycles. The van der Waals surface area contributed by atoms with Crippen LogP contribution in [-0.4, -0.2) is 37.2 Å². The lowest BCUT2D eigenvalue weighted by atomic mass is 10.1. The van der Waals surface area contributed by atoms with Gasteiger partial charge in [-0.1, -0.05) is 48.5 Å². The Bertz CT molecular complexity index is 1170. The van der Waals surface area contributed by atoms with E-state index in [1.54, 1.807) is 6.07 Å². The van der Waals surface area contributed by atoms with E-state index in [-0.39, 0.29) is 30.2 Å². The summed E-state index contributed by atoms with van der Waals surface area (Å²) >= 11 is 0. The first kappa shape index (κ1) is 18.3. The minimum atomic E-state index is -0.362. The van der Waals surface area contributed by atoms with Gasteiger partial charge in [0.25, 0.3) is 11.5 Å². The highest BCUT2D eigenvalue weighted by Crippen LogP contribution is 2.13. The van der Waals surface area contributed by atoms with Crippen molar-refractivity contribution in [2.24, 2.45) is 0 Å². The van der Waals surface area contributed by atoms with Crippen molar-refractivity contribution in [2.75, 3.05) is 6.54 Å². The van der Waals surface area contributed by atoms with Crippen molar-refractivity contribution < 1.29 is 4.79 Å². The number of rotatable bonds is 6. The number of hydrogen-bond acceptors (Lipinski definition) is 5. The van der Waals surface area contributed by atoms with E-state index in [2.05, 4.69) is 20.6 Å². The quantitative estimate of drug-likeness (QED) is 0.546. The fourth-order valence-corrected chi connectivity index (χ4v) is 2.79. The van der Waals surface area contributed by atoms with Gasteiger partial charge in [-0.05, 0) is 18.2 Å². The maximum Gasteiger partial charge on any atom is 0.273 e. The molecule has 4 aromatic rings. The van der Waals surface area contributed by atoms with Crippen molar-refractivity contribution >= 4 is 5.91 Å². The molecule has 2 heterocycles. The van der Waals surface area contributed by atoms with Crippen LogP contribution >= 0.6 is 0 Å². The zero-order chi connectivity index (χ0) is 20.1. The predicted molar refractivity (Wildman–Crippen MR) is 108 cm³/mol. The lowest BCUT2D eigenvalue weighted by Crippen LogP contribution is -2.32. The monoisotopic (exact) mass is 386 g/mol. The molecule has 0 radical (unpaired) electrons. The Morgan fingerprint density at radius 3 is 2.38 bits per heavy atom. The molecule has 1 amide bonds. The summed E-state index contributed by atoms with van der Waals surface area (Å²) in [5, 5.41) is 15.4. The highest BCUT2D eigenvalue weighted by Gasteiger charge is 2.11. The fourth-order valence-electron chi connectivity index (χ4n) is 2.79. The van der Waals surface area contributed by atoms with Crippen LogP contribution in [0.25, 0.3) is 16.9 Å². The molecule has 0 saturated carbocycles. The standard InChI is InChI=1S/C21H18N6O2/c28-20-12-11-18(16-7-3-1-4-8-16)24-26(20)14-13-22-21(29)19-15-23-27(25-19)17-9-5-2-6-10-17/h1-12,15H,13-14H2,(H,22,29). The van der Waals surface area contributed by atoms with E-state index in [1.807, 2.05) is 60.7 Å². The van der Waals surface area contributed by atoms with Gasteiger partial charge in [-0.25, -0.2) is 4.68 Å². The summed E-state index contributed by atoms with van der Waals surface area (Å²) in [6.45, 7) is 0.486. The molecule has 0 unspecified atom stereocenters. The molecule has 0 atom stereocenters. The smallest absolute Gasteiger partial charge is 0.273 e. The lowest BCUT2D eigenvalue weighted by Gasteiger charge is -2.08. The van der Waals surface area contributed by atoms with Crippen molar-refractivity contribution in [1.29, 1.82) is 0 Å². The molecule has 2 aromatic heterocycles. The third-order valence-electron chi connectivity index (χ3n) is 4.26. The van der Waals surface area contributed by atoms with Gasteiger partial charge < -0.3 is 5.32 Å². The number of carbonyl (C=O) groups excluding carboxylic acids is 1. The highest BCUT2D eigenvalue weighted by atomic mass is 16.2. The van der Waals surface area contributed by atoms with Crippen molar-refractivity contribution in [3.8, 4) is 16.9 Å². The molecule has 0 fully saturated rings. The third kappa shape index (κ3) is 4.27. The van der Waals surface area contributed by atoms with E-state index in [0.717, 1.165) is 11.3 Å². The van der Waals surface area contributed by atoms with Gasteiger partial charge in [0.1, 0.15) is 0 Å². The third-order valence-corrected chi connectivity index (χ3v) is 4.26. The molecular formula is C21H18N6O2. The molecule has 0 saturated heterocycles. The number of nitrogens with zero attached hydrogens (tertiary/aromatic N) is 5. The van der Waals surface area contributed by atoms with Crippen LogP contribution in [0, 0.1) is 0 Å². The number of benzene rings is 2. The number of nitrogens with one attached hydrogen (secondary N) is 1. The topological polar surface area (TPSA) is 94.7 Å². The number of amides is 1. The molecule has 0 bridgehead atoms. The molecular weight excluding hydrogens is 368 g/mol. The predicted octanol–water partition coefficient (Wildman–Crippen LogP) is 1.92. The Kier molecular flexibility index (Phi) is 5.24. The van der Waals surface area contributed by atoms with Gasteiger partial charge >= 0.3 is 0 Å². The second-order valence-electron chi connectivity index (χ2n) is 6.26. The number of carbonyl (C=O) groups is 1. The van der Waals surface area contributed by atoms with Gasteiger partial charge in [-0.3, -0.25) is 9.59 Å². The fraction of sp³-hybridized carbons (Fsp3) is 0.0952. The molecule has 2 aromatic carbocycles. The van der Waals surface area contributed by atoms with Gasteiger partial charge in [0.15, 0.2) is 5.69 Å². The van der Waals surface area contributed by atoms with Crippen LogP contribution in [-0.2, 0) is 6.54 Å². The Hall–Kier alpha value is -4.07. The molecule has 8 nitrogen and oxygen atoms in total. The molecule has 0 spiro atoms. The van der Waals surface area contributed by atoms with Gasteiger partial charge in [-0.15, -0.1) is 5.10 Å². The summed E-state index contributed by atoms with van der Waals surface area (Å²) in [4.78, 5) is 25.8. The van der Waals surface area contributed by atoms with E-state index in [4.69, 9.17) is 0 Å². The summed E-state index contributed by atoms with van der Waals surface area (Å²) in [5.74, 6) is -0.362. The largest absolute Gasteiger partial charge is 0.349 e. The van der Waals surface area contributed by atoms with Gasteiger partial charge in [0.05, 0.1) is 24.1 Å². The van der Waals surface area contributed by atoms with Crippen LogP contribution in [0.5, 0.6) is 0 Å². The number of hydrogen-bond donors (Lipinski definition) is 1. The second-order valence-corrected chi connectivity index (χ2v) is 6.26. The van der Waals surface area contributed by atoms with Crippen molar-refractivity contribution in [3.63, 3.8) is 0 Å². The normalized spacial score (nSPS) is 10.6. The number of para-hydroxylation sites is 1. The number of aromatic nitrogens is 5. The summed E-state index contributed by atoms with van der Waals surface area (Å²) in [7, 11) is 0. The summed E-state index contributed by atoms with van der Waals surface area (Å²) in [5.41, 5.74) is 2.35.